The van der Waals surface area contributed by atoms with E-state index in [1.807, 2.05) is 6.92 Å². The largest absolute Gasteiger partial charge is 0.492 e. The third-order valence-electron chi connectivity index (χ3n) is 4.35. The maximum absolute atomic E-state index is 13.1. The van der Waals surface area contributed by atoms with Gasteiger partial charge >= 0.3 is 6.03 Å². The van der Waals surface area contributed by atoms with Crippen LogP contribution in [0.25, 0.3) is 6.08 Å². The summed E-state index contributed by atoms with van der Waals surface area (Å²) in [4.78, 5) is 38.9. The van der Waals surface area contributed by atoms with Gasteiger partial charge in [-0.3, -0.25) is 14.9 Å². The summed E-state index contributed by atoms with van der Waals surface area (Å²) in [6.07, 6.45) is 1.41. The minimum atomic E-state index is -0.793. The molecule has 0 atom stereocenters. The maximum atomic E-state index is 13.1. The zero-order valence-electron chi connectivity index (χ0n) is 16.4. The number of nitrogens with zero attached hydrogens (tertiary/aromatic N) is 1. The Bertz CT molecular complexity index is 1080. The fourth-order valence-electron chi connectivity index (χ4n) is 3.04. The zero-order chi connectivity index (χ0) is 22.0. The molecule has 0 spiro atoms. The first-order valence-electron chi connectivity index (χ1n) is 8.94. The predicted molar refractivity (Wildman–Crippen MR) is 120 cm³/mol. The second kappa shape index (κ2) is 9.01. The lowest BCUT2D eigenvalue weighted by molar-refractivity contribution is -0.122. The fraction of sp³-hybridized carbons (Fsp3) is 0.190. The summed E-state index contributed by atoms with van der Waals surface area (Å²) in [6.45, 7) is 4.02. The minimum Gasteiger partial charge on any atom is -0.492 e. The molecule has 1 N–H and O–H groups in total. The molecule has 0 aliphatic carbocycles. The van der Waals surface area contributed by atoms with Gasteiger partial charge in [-0.05, 0) is 77.3 Å². The summed E-state index contributed by atoms with van der Waals surface area (Å²) < 4.78 is 12.3. The third kappa shape index (κ3) is 4.27. The standard InChI is InChI=1S/C21H18Br2N2O5/c1-4-30-17-10-12(9-15(23)18(17)29-3)8-14-19(26)24-21(28)25(20(14)27)16-6-5-13(22)7-11(16)2/h5-10H,4H2,1-3H3,(H,24,26,28)/b14-8-. The van der Waals surface area contributed by atoms with E-state index in [2.05, 4.69) is 37.2 Å². The number of nitrogens with one attached hydrogen (secondary N) is 1. The zero-order valence-corrected chi connectivity index (χ0v) is 19.6. The fourth-order valence-corrected chi connectivity index (χ4v) is 4.14. The molecule has 2 aromatic rings. The summed E-state index contributed by atoms with van der Waals surface area (Å²) in [7, 11) is 1.52. The van der Waals surface area contributed by atoms with E-state index in [0.717, 1.165) is 9.37 Å². The Morgan fingerprint density at radius 2 is 1.87 bits per heavy atom. The summed E-state index contributed by atoms with van der Waals surface area (Å²) in [5, 5.41) is 2.23. The van der Waals surface area contributed by atoms with Gasteiger partial charge in [-0.15, -0.1) is 0 Å². The number of methoxy groups -OCH3 is 1. The van der Waals surface area contributed by atoms with Gasteiger partial charge in [-0.1, -0.05) is 15.9 Å². The lowest BCUT2D eigenvalue weighted by Crippen LogP contribution is -2.54. The van der Waals surface area contributed by atoms with Crippen molar-refractivity contribution in [1.29, 1.82) is 0 Å². The number of ether oxygens (including phenoxy) is 2. The molecule has 4 amide bonds. The molecule has 0 saturated carbocycles. The number of carbonyl (C=O) groups excluding carboxylic acids is 3. The number of anilines is 1. The Morgan fingerprint density at radius 1 is 1.13 bits per heavy atom. The third-order valence-corrected chi connectivity index (χ3v) is 5.43. The minimum absolute atomic E-state index is 0.170. The molecule has 2 aromatic carbocycles. The number of imide groups is 2. The molecule has 1 heterocycles. The van der Waals surface area contributed by atoms with Crippen LogP contribution in [0.2, 0.25) is 0 Å². The first-order valence-corrected chi connectivity index (χ1v) is 10.5. The number of hydrogen-bond acceptors (Lipinski definition) is 5. The predicted octanol–water partition coefficient (Wildman–Crippen LogP) is 4.59. The van der Waals surface area contributed by atoms with Crippen LogP contribution < -0.4 is 19.7 Å². The highest BCUT2D eigenvalue weighted by Gasteiger charge is 2.37. The number of benzene rings is 2. The van der Waals surface area contributed by atoms with Crippen LogP contribution in [0.1, 0.15) is 18.1 Å². The Labute approximate surface area is 190 Å². The van der Waals surface area contributed by atoms with Crippen molar-refractivity contribution in [2.75, 3.05) is 18.6 Å². The molecule has 30 heavy (non-hydrogen) atoms. The van der Waals surface area contributed by atoms with Crippen LogP contribution in [0.3, 0.4) is 0 Å². The lowest BCUT2D eigenvalue weighted by Gasteiger charge is -2.27. The molecule has 0 radical (unpaired) electrons. The summed E-state index contributed by atoms with van der Waals surface area (Å²) in [6, 6.07) is 7.70. The highest BCUT2D eigenvalue weighted by molar-refractivity contribution is 9.10. The number of rotatable bonds is 5. The second-order valence-electron chi connectivity index (χ2n) is 6.36. The summed E-state index contributed by atoms with van der Waals surface area (Å²) >= 11 is 6.77. The van der Waals surface area contributed by atoms with Gasteiger partial charge in [0.05, 0.1) is 23.9 Å². The molecular weight excluding hydrogens is 520 g/mol. The molecule has 7 nitrogen and oxygen atoms in total. The van der Waals surface area contributed by atoms with Crippen molar-refractivity contribution in [3.63, 3.8) is 0 Å². The van der Waals surface area contributed by atoms with Gasteiger partial charge in [-0.25, -0.2) is 9.69 Å². The van der Waals surface area contributed by atoms with E-state index in [1.165, 1.54) is 13.2 Å². The van der Waals surface area contributed by atoms with Crippen LogP contribution in [0.5, 0.6) is 11.5 Å². The van der Waals surface area contributed by atoms with Crippen molar-refractivity contribution in [1.82, 2.24) is 5.32 Å². The quantitative estimate of drug-likeness (QED) is 0.445. The molecule has 3 rings (SSSR count). The number of amides is 4. The molecule has 1 aliphatic heterocycles. The van der Waals surface area contributed by atoms with E-state index < -0.39 is 17.8 Å². The van der Waals surface area contributed by atoms with Crippen molar-refractivity contribution >= 4 is 61.5 Å². The maximum Gasteiger partial charge on any atom is 0.335 e. The summed E-state index contributed by atoms with van der Waals surface area (Å²) in [5.74, 6) is -0.512. The van der Waals surface area contributed by atoms with Crippen LogP contribution in [-0.4, -0.2) is 31.6 Å². The number of halogens is 2. The van der Waals surface area contributed by atoms with E-state index >= 15 is 0 Å². The van der Waals surface area contributed by atoms with E-state index in [9.17, 15) is 14.4 Å². The van der Waals surface area contributed by atoms with Crippen molar-refractivity contribution in [3.05, 3.63) is 56.0 Å². The van der Waals surface area contributed by atoms with Crippen LogP contribution in [0, 0.1) is 6.92 Å². The number of carbonyl (C=O) groups is 3. The Balaban J connectivity index is 2.07. The molecular formula is C21H18Br2N2O5. The van der Waals surface area contributed by atoms with Gasteiger partial charge in [-0.2, -0.15) is 0 Å². The van der Waals surface area contributed by atoms with Crippen molar-refractivity contribution < 1.29 is 23.9 Å². The van der Waals surface area contributed by atoms with Gasteiger partial charge < -0.3 is 9.47 Å². The van der Waals surface area contributed by atoms with Crippen LogP contribution >= 0.6 is 31.9 Å². The van der Waals surface area contributed by atoms with Crippen LogP contribution in [0.15, 0.2) is 44.9 Å². The monoisotopic (exact) mass is 536 g/mol. The topological polar surface area (TPSA) is 84.9 Å². The molecule has 1 saturated heterocycles. The smallest absolute Gasteiger partial charge is 0.335 e. The Kier molecular flexibility index (Phi) is 6.62. The number of barbiturate groups is 1. The molecule has 0 aromatic heterocycles. The first kappa shape index (κ1) is 22.0. The number of hydrogen-bond donors (Lipinski definition) is 1. The normalized spacial score (nSPS) is 15.4. The van der Waals surface area contributed by atoms with Crippen molar-refractivity contribution in [3.8, 4) is 11.5 Å². The van der Waals surface area contributed by atoms with Gasteiger partial charge in [0.2, 0.25) is 0 Å². The van der Waals surface area contributed by atoms with Crippen LogP contribution in [-0.2, 0) is 9.59 Å². The molecule has 1 fully saturated rings. The van der Waals surface area contributed by atoms with Crippen molar-refractivity contribution in [2.45, 2.75) is 13.8 Å². The van der Waals surface area contributed by atoms with Gasteiger partial charge in [0, 0.05) is 4.47 Å². The average Bonchev–Trinajstić information content (AvgIpc) is 2.67. The number of urea groups is 1. The Morgan fingerprint density at radius 3 is 2.50 bits per heavy atom. The molecule has 0 unspecified atom stereocenters. The van der Waals surface area contributed by atoms with E-state index in [4.69, 9.17) is 9.47 Å². The summed E-state index contributed by atoms with van der Waals surface area (Å²) in [5.41, 5.74) is 1.46. The lowest BCUT2D eigenvalue weighted by atomic mass is 10.1. The van der Waals surface area contributed by atoms with Gasteiger partial charge in [0.15, 0.2) is 11.5 Å². The van der Waals surface area contributed by atoms with E-state index in [0.29, 0.717) is 39.4 Å². The van der Waals surface area contributed by atoms with Gasteiger partial charge in [0.1, 0.15) is 5.57 Å². The highest BCUT2D eigenvalue weighted by Crippen LogP contribution is 2.37. The molecule has 9 heteroatoms. The average molecular weight is 538 g/mol. The second-order valence-corrected chi connectivity index (χ2v) is 8.13. The van der Waals surface area contributed by atoms with E-state index in [1.54, 1.807) is 37.3 Å². The molecule has 156 valence electrons. The molecule has 0 bridgehead atoms. The molecule has 1 aliphatic rings. The van der Waals surface area contributed by atoms with Crippen molar-refractivity contribution in [2.24, 2.45) is 0 Å². The van der Waals surface area contributed by atoms with E-state index in [-0.39, 0.29) is 5.57 Å². The Hall–Kier alpha value is -2.65. The number of aryl methyl sites for hydroxylation is 1. The highest BCUT2D eigenvalue weighted by atomic mass is 79.9. The van der Waals surface area contributed by atoms with Crippen LogP contribution in [0.4, 0.5) is 10.5 Å². The van der Waals surface area contributed by atoms with Gasteiger partial charge in [0.25, 0.3) is 11.8 Å². The first-order chi connectivity index (χ1) is 14.3. The SMILES string of the molecule is CCOc1cc(/C=C2/C(=O)NC(=O)N(c3ccc(Br)cc3C)C2=O)cc(Br)c1OC.